The molecule has 0 spiro atoms. The number of hydrogen-bond acceptors (Lipinski definition) is 2. The summed E-state index contributed by atoms with van der Waals surface area (Å²) in [5, 5.41) is 8.89. The van der Waals surface area contributed by atoms with Crippen LogP contribution in [0.5, 0.6) is 0 Å². The molecule has 2 aromatic rings. The molecule has 1 aromatic carbocycles. The number of anilines is 1. The predicted molar refractivity (Wildman–Crippen MR) is 91.8 cm³/mol. The average Bonchev–Trinajstić information content (AvgIpc) is 2.64. The van der Waals surface area contributed by atoms with Gasteiger partial charge < -0.3 is 5.32 Å². The van der Waals surface area contributed by atoms with Gasteiger partial charge >= 0.3 is 0 Å². The number of rotatable bonds is 4. The molecular formula is C13H13Br2Cl2N3. The van der Waals surface area contributed by atoms with E-state index in [4.69, 9.17) is 23.2 Å². The lowest BCUT2D eigenvalue weighted by Gasteiger charge is -2.11. The monoisotopic (exact) mass is 439 g/mol. The molecule has 0 aliphatic carbocycles. The Labute approximate surface area is 144 Å². The zero-order valence-electron chi connectivity index (χ0n) is 11.0. The van der Waals surface area contributed by atoms with Gasteiger partial charge in [-0.15, -0.1) is 0 Å². The SMILES string of the molecule is CCc1nn(C)c(CNc2c(Cl)cc(Br)cc2Cl)c1Br. The minimum atomic E-state index is 0.582. The molecule has 0 bridgehead atoms. The number of halogens is 4. The summed E-state index contributed by atoms with van der Waals surface area (Å²) in [4.78, 5) is 0. The van der Waals surface area contributed by atoms with E-state index in [1.807, 2.05) is 23.9 Å². The van der Waals surface area contributed by atoms with E-state index in [-0.39, 0.29) is 0 Å². The Balaban J connectivity index is 2.24. The number of hydrogen-bond donors (Lipinski definition) is 1. The second-order valence-electron chi connectivity index (χ2n) is 4.28. The first-order valence-corrected chi connectivity index (χ1v) is 8.36. The Morgan fingerprint density at radius 1 is 1.25 bits per heavy atom. The number of nitrogens with one attached hydrogen (secondary N) is 1. The number of benzene rings is 1. The molecule has 0 saturated carbocycles. The lowest BCUT2D eigenvalue weighted by molar-refractivity contribution is 0.706. The summed E-state index contributed by atoms with van der Waals surface area (Å²) in [5.74, 6) is 0. The van der Waals surface area contributed by atoms with Gasteiger partial charge in [-0.05, 0) is 34.5 Å². The molecule has 0 fully saturated rings. The molecule has 0 unspecified atom stereocenters. The van der Waals surface area contributed by atoms with Gasteiger partial charge in [0.25, 0.3) is 0 Å². The quantitative estimate of drug-likeness (QED) is 0.685. The zero-order valence-corrected chi connectivity index (χ0v) is 15.7. The summed E-state index contributed by atoms with van der Waals surface area (Å²) in [6, 6.07) is 3.62. The summed E-state index contributed by atoms with van der Waals surface area (Å²) < 4.78 is 3.74. The highest BCUT2D eigenvalue weighted by atomic mass is 79.9. The van der Waals surface area contributed by atoms with Crippen LogP contribution in [0.1, 0.15) is 18.3 Å². The normalized spacial score (nSPS) is 10.9. The van der Waals surface area contributed by atoms with Crippen LogP contribution in [-0.2, 0) is 20.0 Å². The first kappa shape index (κ1) is 16.1. The minimum absolute atomic E-state index is 0.582. The van der Waals surface area contributed by atoms with Crippen LogP contribution in [0.25, 0.3) is 0 Å². The Morgan fingerprint density at radius 3 is 2.35 bits per heavy atom. The lowest BCUT2D eigenvalue weighted by atomic mass is 10.3. The van der Waals surface area contributed by atoms with Crippen molar-refractivity contribution in [3.8, 4) is 0 Å². The number of aromatic nitrogens is 2. The Bertz CT molecular complexity index is 618. The van der Waals surface area contributed by atoms with Crippen molar-refractivity contribution in [2.75, 3.05) is 5.32 Å². The molecule has 0 radical (unpaired) electrons. The summed E-state index contributed by atoms with van der Waals surface area (Å²) in [6.07, 6.45) is 0.883. The fourth-order valence-electron chi connectivity index (χ4n) is 1.90. The van der Waals surface area contributed by atoms with Crippen LogP contribution in [-0.4, -0.2) is 9.78 Å². The number of aryl methyl sites for hydroxylation is 2. The molecule has 1 N–H and O–H groups in total. The van der Waals surface area contributed by atoms with Crippen LogP contribution < -0.4 is 5.32 Å². The molecule has 0 atom stereocenters. The first-order chi connectivity index (χ1) is 9.43. The van der Waals surface area contributed by atoms with Crippen molar-refractivity contribution >= 4 is 60.7 Å². The maximum Gasteiger partial charge on any atom is 0.0767 e. The van der Waals surface area contributed by atoms with Gasteiger partial charge in [0, 0.05) is 11.5 Å². The van der Waals surface area contributed by atoms with Crippen molar-refractivity contribution in [2.45, 2.75) is 19.9 Å². The molecule has 20 heavy (non-hydrogen) atoms. The Kier molecular flexibility index (Phi) is 5.40. The molecule has 0 aliphatic rings. The van der Waals surface area contributed by atoms with E-state index in [0.717, 1.165) is 32.4 Å². The van der Waals surface area contributed by atoms with Crippen molar-refractivity contribution in [2.24, 2.45) is 7.05 Å². The van der Waals surface area contributed by atoms with E-state index < -0.39 is 0 Å². The van der Waals surface area contributed by atoms with Gasteiger partial charge in [-0.3, -0.25) is 4.68 Å². The molecule has 7 heteroatoms. The fourth-order valence-corrected chi connectivity index (χ4v) is 3.99. The van der Waals surface area contributed by atoms with Gasteiger partial charge in [0.2, 0.25) is 0 Å². The molecule has 1 aromatic heterocycles. The van der Waals surface area contributed by atoms with Gasteiger partial charge in [0.05, 0.1) is 38.1 Å². The summed E-state index contributed by atoms with van der Waals surface area (Å²) in [6.45, 7) is 2.66. The van der Waals surface area contributed by atoms with Crippen molar-refractivity contribution in [1.82, 2.24) is 9.78 Å². The van der Waals surface area contributed by atoms with Gasteiger partial charge in [0.15, 0.2) is 0 Å². The van der Waals surface area contributed by atoms with E-state index in [0.29, 0.717) is 16.6 Å². The molecule has 0 aliphatic heterocycles. The number of nitrogens with zero attached hydrogens (tertiary/aromatic N) is 2. The topological polar surface area (TPSA) is 29.9 Å². The maximum atomic E-state index is 6.20. The zero-order chi connectivity index (χ0) is 14.9. The molecular weight excluding hydrogens is 429 g/mol. The highest BCUT2D eigenvalue weighted by molar-refractivity contribution is 9.10. The molecule has 3 nitrogen and oxygen atoms in total. The average molecular weight is 442 g/mol. The third-order valence-electron chi connectivity index (χ3n) is 2.94. The second-order valence-corrected chi connectivity index (χ2v) is 6.81. The van der Waals surface area contributed by atoms with Crippen LogP contribution in [0.4, 0.5) is 5.69 Å². The Morgan fingerprint density at radius 2 is 1.85 bits per heavy atom. The van der Waals surface area contributed by atoms with Crippen LogP contribution >= 0.6 is 55.1 Å². The molecule has 0 amide bonds. The van der Waals surface area contributed by atoms with Gasteiger partial charge in [-0.25, -0.2) is 0 Å². The molecule has 108 valence electrons. The van der Waals surface area contributed by atoms with Crippen LogP contribution in [0, 0.1) is 0 Å². The van der Waals surface area contributed by atoms with E-state index in [9.17, 15) is 0 Å². The van der Waals surface area contributed by atoms with Crippen LogP contribution in [0.15, 0.2) is 21.1 Å². The van der Waals surface area contributed by atoms with E-state index in [1.165, 1.54) is 0 Å². The van der Waals surface area contributed by atoms with Crippen molar-refractivity contribution in [3.05, 3.63) is 42.5 Å². The predicted octanol–water partition coefficient (Wildman–Crippen LogP) is 5.43. The molecule has 0 saturated heterocycles. The summed E-state index contributed by atoms with van der Waals surface area (Å²) in [7, 11) is 1.92. The maximum absolute atomic E-state index is 6.20. The van der Waals surface area contributed by atoms with E-state index in [1.54, 1.807) is 0 Å². The minimum Gasteiger partial charge on any atom is -0.377 e. The van der Waals surface area contributed by atoms with Gasteiger partial charge in [-0.2, -0.15) is 5.10 Å². The van der Waals surface area contributed by atoms with Crippen molar-refractivity contribution in [3.63, 3.8) is 0 Å². The summed E-state index contributed by atoms with van der Waals surface area (Å²) in [5.41, 5.74) is 2.82. The highest BCUT2D eigenvalue weighted by Crippen LogP contribution is 2.34. The fraction of sp³-hybridized carbons (Fsp3) is 0.308. The van der Waals surface area contributed by atoms with E-state index >= 15 is 0 Å². The molecule has 1 heterocycles. The summed E-state index contributed by atoms with van der Waals surface area (Å²) >= 11 is 19.4. The van der Waals surface area contributed by atoms with Gasteiger partial charge in [0.1, 0.15) is 0 Å². The second kappa shape index (κ2) is 6.69. The Hall–Kier alpha value is -0.230. The van der Waals surface area contributed by atoms with Crippen molar-refractivity contribution < 1.29 is 0 Å². The van der Waals surface area contributed by atoms with E-state index in [2.05, 4.69) is 49.2 Å². The highest BCUT2D eigenvalue weighted by Gasteiger charge is 2.14. The third kappa shape index (κ3) is 3.32. The van der Waals surface area contributed by atoms with Gasteiger partial charge in [-0.1, -0.05) is 46.1 Å². The molecule has 2 rings (SSSR count). The lowest BCUT2D eigenvalue weighted by Crippen LogP contribution is -2.06. The standard InChI is InChI=1S/C13H13Br2Cl2N3/c1-3-10-12(15)11(20(2)19-10)6-18-13-8(16)4-7(14)5-9(13)17/h4-5,18H,3,6H2,1-2H3. The smallest absolute Gasteiger partial charge is 0.0767 e. The van der Waals surface area contributed by atoms with Crippen molar-refractivity contribution in [1.29, 1.82) is 0 Å². The van der Waals surface area contributed by atoms with Crippen LogP contribution in [0.2, 0.25) is 10.0 Å². The third-order valence-corrected chi connectivity index (χ3v) is 4.91. The first-order valence-electron chi connectivity index (χ1n) is 6.02. The largest absolute Gasteiger partial charge is 0.377 e. The van der Waals surface area contributed by atoms with Crippen LogP contribution in [0.3, 0.4) is 0 Å².